The first-order chi connectivity index (χ1) is 6.75. The molecule has 2 aliphatic rings. The average molecular weight is 195 g/mol. The van der Waals surface area contributed by atoms with Crippen molar-refractivity contribution in [1.29, 1.82) is 0 Å². The molecular weight excluding hydrogens is 174 g/mol. The Labute approximate surface area is 86.2 Å². The minimum atomic E-state index is 0.355. The van der Waals surface area contributed by atoms with Gasteiger partial charge in [0.1, 0.15) is 5.78 Å². The fourth-order valence-corrected chi connectivity index (χ4v) is 2.40. The van der Waals surface area contributed by atoms with E-state index in [2.05, 4.69) is 0 Å². The standard InChI is InChI=1S/C12H21NO/c13-11-6-4-10(5-7-11)12(14)8-3-9-1-2-9/h9-11H,1-8,13H2. The Kier molecular flexibility index (Phi) is 3.22. The number of nitrogens with two attached hydrogens (primary N) is 1. The molecule has 0 spiro atoms. The van der Waals surface area contributed by atoms with Gasteiger partial charge in [-0.25, -0.2) is 0 Å². The van der Waals surface area contributed by atoms with Gasteiger partial charge < -0.3 is 5.73 Å². The number of hydrogen-bond donors (Lipinski definition) is 1. The van der Waals surface area contributed by atoms with Crippen molar-refractivity contribution in [3.05, 3.63) is 0 Å². The van der Waals surface area contributed by atoms with Crippen LogP contribution in [0.4, 0.5) is 0 Å². The molecule has 2 heteroatoms. The van der Waals surface area contributed by atoms with Crippen LogP contribution >= 0.6 is 0 Å². The van der Waals surface area contributed by atoms with Gasteiger partial charge in [0.05, 0.1) is 0 Å². The number of carbonyl (C=O) groups is 1. The summed E-state index contributed by atoms with van der Waals surface area (Å²) in [6, 6.07) is 0.363. The van der Waals surface area contributed by atoms with Crippen molar-refractivity contribution in [3.8, 4) is 0 Å². The minimum absolute atomic E-state index is 0.355. The summed E-state index contributed by atoms with van der Waals surface area (Å²) in [4.78, 5) is 11.8. The van der Waals surface area contributed by atoms with E-state index in [0.717, 1.165) is 44.4 Å². The van der Waals surface area contributed by atoms with Crippen molar-refractivity contribution >= 4 is 5.78 Å². The zero-order valence-electron chi connectivity index (χ0n) is 8.87. The van der Waals surface area contributed by atoms with Crippen LogP contribution in [0.5, 0.6) is 0 Å². The van der Waals surface area contributed by atoms with Gasteiger partial charge in [0.15, 0.2) is 0 Å². The fraction of sp³-hybridized carbons (Fsp3) is 0.917. The molecule has 0 heterocycles. The van der Waals surface area contributed by atoms with Crippen molar-refractivity contribution in [2.75, 3.05) is 0 Å². The lowest BCUT2D eigenvalue weighted by atomic mass is 9.82. The maximum Gasteiger partial charge on any atom is 0.135 e. The highest BCUT2D eigenvalue weighted by Crippen LogP contribution is 2.34. The van der Waals surface area contributed by atoms with Crippen LogP contribution in [-0.2, 0) is 4.79 Å². The average Bonchev–Trinajstić information content (AvgIpc) is 2.99. The highest BCUT2D eigenvalue weighted by atomic mass is 16.1. The Morgan fingerprint density at radius 3 is 2.29 bits per heavy atom. The summed E-state index contributed by atoms with van der Waals surface area (Å²) in [6.07, 6.45) is 8.92. The monoisotopic (exact) mass is 195 g/mol. The second-order valence-corrected chi connectivity index (χ2v) is 5.06. The van der Waals surface area contributed by atoms with Gasteiger partial charge in [0, 0.05) is 18.4 Å². The first-order valence-electron chi connectivity index (χ1n) is 6.04. The summed E-state index contributed by atoms with van der Waals surface area (Å²) < 4.78 is 0. The molecule has 2 fully saturated rings. The first kappa shape index (κ1) is 10.2. The van der Waals surface area contributed by atoms with Gasteiger partial charge in [0.25, 0.3) is 0 Å². The summed E-state index contributed by atoms with van der Waals surface area (Å²) >= 11 is 0. The van der Waals surface area contributed by atoms with E-state index in [1.54, 1.807) is 0 Å². The molecule has 0 bridgehead atoms. The Hall–Kier alpha value is -0.370. The van der Waals surface area contributed by atoms with E-state index in [1.165, 1.54) is 12.8 Å². The number of Topliss-reactive ketones (excluding diaryl/α,β-unsaturated/α-hetero) is 1. The van der Waals surface area contributed by atoms with Crippen LogP contribution in [0, 0.1) is 11.8 Å². The molecule has 2 N–H and O–H groups in total. The molecule has 2 rings (SSSR count). The van der Waals surface area contributed by atoms with Crippen molar-refractivity contribution in [3.63, 3.8) is 0 Å². The predicted molar refractivity (Wildman–Crippen MR) is 56.9 cm³/mol. The summed E-state index contributed by atoms with van der Waals surface area (Å²) in [5.74, 6) is 1.77. The van der Waals surface area contributed by atoms with Crippen molar-refractivity contribution in [2.24, 2.45) is 17.6 Å². The number of rotatable bonds is 4. The van der Waals surface area contributed by atoms with E-state index in [0.29, 0.717) is 17.7 Å². The van der Waals surface area contributed by atoms with Crippen molar-refractivity contribution < 1.29 is 4.79 Å². The molecule has 0 amide bonds. The van der Waals surface area contributed by atoms with Crippen molar-refractivity contribution in [1.82, 2.24) is 0 Å². The highest BCUT2D eigenvalue weighted by molar-refractivity contribution is 5.81. The topological polar surface area (TPSA) is 43.1 Å². The van der Waals surface area contributed by atoms with Crippen molar-refractivity contribution in [2.45, 2.75) is 57.4 Å². The Morgan fingerprint density at radius 1 is 1.07 bits per heavy atom. The molecule has 0 aromatic rings. The number of carbonyl (C=O) groups excluding carboxylic acids is 1. The molecule has 2 nitrogen and oxygen atoms in total. The Morgan fingerprint density at radius 2 is 1.71 bits per heavy atom. The quantitative estimate of drug-likeness (QED) is 0.747. The van der Waals surface area contributed by atoms with Gasteiger partial charge in [-0.05, 0) is 38.0 Å². The second-order valence-electron chi connectivity index (χ2n) is 5.06. The highest BCUT2D eigenvalue weighted by Gasteiger charge is 2.27. The molecule has 0 saturated heterocycles. The summed E-state index contributed by atoms with van der Waals surface area (Å²) in [5.41, 5.74) is 5.82. The fourth-order valence-electron chi connectivity index (χ4n) is 2.40. The van der Waals surface area contributed by atoms with E-state index < -0.39 is 0 Å². The minimum Gasteiger partial charge on any atom is -0.328 e. The Bertz CT molecular complexity index is 202. The molecule has 14 heavy (non-hydrogen) atoms. The molecule has 0 aromatic carbocycles. The number of ketones is 1. The second kappa shape index (κ2) is 4.43. The Balaban J connectivity index is 1.68. The molecule has 80 valence electrons. The van der Waals surface area contributed by atoms with Gasteiger partial charge >= 0.3 is 0 Å². The predicted octanol–water partition coefficient (Wildman–Crippen LogP) is 2.26. The van der Waals surface area contributed by atoms with Crippen LogP contribution in [-0.4, -0.2) is 11.8 Å². The van der Waals surface area contributed by atoms with Gasteiger partial charge in [0.2, 0.25) is 0 Å². The van der Waals surface area contributed by atoms with Gasteiger partial charge in [-0.15, -0.1) is 0 Å². The SMILES string of the molecule is NC1CCC(C(=O)CCC2CC2)CC1. The maximum absolute atomic E-state index is 11.8. The smallest absolute Gasteiger partial charge is 0.135 e. The molecule has 0 aliphatic heterocycles. The van der Waals surface area contributed by atoms with Gasteiger partial charge in [-0.2, -0.15) is 0 Å². The third kappa shape index (κ3) is 2.81. The first-order valence-corrected chi connectivity index (χ1v) is 6.04. The molecule has 2 saturated carbocycles. The third-order valence-corrected chi connectivity index (χ3v) is 3.72. The molecule has 0 atom stereocenters. The maximum atomic E-state index is 11.8. The molecule has 2 aliphatic carbocycles. The van der Waals surface area contributed by atoms with E-state index in [4.69, 9.17) is 5.73 Å². The lowest BCUT2D eigenvalue weighted by Crippen LogP contribution is -2.29. The summed E-state index contributed by atoms with van der Waals surface area (Å²) in [5, 5.41) is 0. The van der Waals surface area contributed by atoms with E-state index in [9.17, 15) is 4.79 Å². The van der Waals surface area contributed by atoms with Crippen LogP contribution in [0.15, 0.2) is 0 Å². The van der Waals surface area contributed by atoms with Crippen LogP contribution in [0.3, 0.4) is 0 Å². The van der Waals surface area contributed by atoms with Crippen LogP contribution in [0.1, 0.15) is 51.4 Å². The molecule has 0 aromatic heterocycles. The third-order valence-electron chi connectivity index (χ3n) is 3.72. The molecule has 0 radical (unpaired) electrons. The van der Waals surface area contributed by atoms with Gasteiger partial charge in [-0.1, -0.05) is 12.8 Å². The van der Waals surface area contributed by atoms with E-state index in [1.807, 2.05) is 0 Å². The molecule has 0 unspecified atom stereocenters. The van der Waals surface area contributed by atoms with E-state index in [-0.39, 0.29) is 0 Å². The number of hydrogen-bond acceptors (Lipinski definition) is 2. The normalized spacial score (nSPS) is 32.9. The zero-order valence-corrected chi connectivity index (χ0v) is 8.87. The zero-order chi connectivity index (χ0) is 9.97. The lowest BCUT2D eigenvalue weighted by molar-refractivity contribution is -0.124. The largest absolute Gasteiger partial charge is 0.328 e. The summed E-state index contributed by atoms with van der Waals surface area (Å²) in [7, 11) is 0. The van der Waals surface area contributed by atoms with Crippen LogP contribution in [0.25, 0.3) is 0 Å². The lowest BCUT2D eigenvalue weighted by Gasteiger charge is -2.24. The molecular formula is C12H21NO. The summed E-state index contributed by atoms with van der Waals surface area (Å²) in [6.45, 7) is 0. The van der Waals surface area contributed by atoms with E-state index >= 15 is 0 Å². The van der Waals surface area contributed by atoms with Crippen LogP contribution in [0.2, 0.25) is 0 Å². The van der Waals surface area contributed by atoms with Crippen LogP contribution < -0.4 is 5.73 Å². The van der Waals surface area contributed by atoms with Gasteiger partial charge in [-0.3, -0.25) is 4.79 Å².